The van der Waals surface area contributed by atoms with Gasteiger partial charge in [0, 0.05) is 49.4 Å². The molecule has 0 N–H and O–H groups in total. The van der Waals surface area contributed by atoms with E-state index in [1.807, 2.05) is 0 Å². The van der Waals surface area contributed by atoms with Crippen molar-refractivity contribution in [3.05, 3.63) is 247 Å². The van der Waals surface area contributed by atoms with Gasteiger partial charge in [-0.05, 0) is 154 Å². The fourth-order valence-corrected chi connectivity index (χ4v) is 17.0. The minimum atomic E-state index is -2.83. The predicted molar refractivity (Wildman–Crippen MR) is 320 cm³/mol. The van der Waals surface area contributed by atoms with Crippen LogP contribution in [0, 0.1) is 13.8 Å². The third-order valence-corrected chi connectivity index (χ3v) is 20.8. The second-order valence-corrected chi connectivity index (χ2v) is 26.6. The van der Waals surface area contributed by atoms with Crippen molar-refractivity contribution in [2.45, 2.75) is 66.2 Å². The zero-order chi connectivity index (χ0) is 50.7. The van der Waals surface area contributed by atoms with E-state index in [4.69, 9.17) is 0 Å². The molecule has 4 heteroatoms. The van der Waals surface area contributed by atoms with Crippen LogP contribution < -0.4 is 20.7 Å². The van der Waals surface area contributed by atoms with Crippen molar-refractivity contribution in [1.82, 2.24) is 13.7 Å². The predicted octanol–water partition coefficient (Wildman–Crippen LogP) is 15.6. The lowest BCUT2D eigenvalue weighted by atomic mass is 9.85. The Morgan fingerprint density at radius 3 is 0.959 bits per heavy atom. The van der Waals surface area contributed by atoms with Crippen LogP contribution in [0.15, 0.2) is 224 Å². The normalized spacial score (nSPS) is 12.6. The fraction of sp³-hybridized carbons (Fsp3) is 0.143. The highest BCUT2D eigenvalue weighted by molar-refractivity contribution is 7.19. The van der Waals surface area contributed by atoms with Gasteiger partial charge in [-0.3, -0.25) is 0 Å². The molecule has 0 amide bonds. The minimum Gasteiger partial charge on any atom is -0.309 e. The summed E-state index contributed by atoms with van der Waals surface area (Å²) in [4.78, 5) is 0. The van der Waals surface area contributed by atoms with Crippen LogP contribution in [0.1, 0.15) is 63.8 Å². The Balaban J connectivity index is 1.11. The van der Waals surface area contributed by atoms with E-state index in [-0.39, 0.29) is 10.8 Å². The van der Waals surface area contributed by atoms with E-state index in [1.54, 1.807) is 0 Å². The highest BCUT2D eigenvalue weighted by Gasteiger charge is 2.41. The molecule has 3 nitrogen and oxygen atoms in total. The topological polar surface area (TPSA) is 14.8 Å². The van der Waals surface area contributed by atoms with Gasteiger partial charge in [-0.2, -0.15) is 0 Å². The average molecular weight is 972 g/mol. The van der Waals surface area contributed by atoms with E-state index in [0.717, 1.165) is 17.1 Å². The van der Waals surface area contributed by atoms with Crippen molar-refractivity contribution < 1.29 is 0 Å². The summed E-state index contributed by atoms with van der Waals surface area (Å²) in [5, 5.41) is 13.0. The number of aromatic nitrogens is 3. The largest absolute Gasteiger partial charge is 0.309 e. The molecule has 0 saturated heterocycles. The number of hydrogen-bond acceptors (Lipinski definition) is 0. The molecule has 13 rings (SSSR count). The van der Waals surface area contributed by atoms with Crippen LogP contribution in [-0.4, -0.2) is 21.8 Å². The second-order valence-electron chi connectivity index (χ2n) is 22.8. The maximum absolute atomic E-state index is 2.83. The standard InChI is InChI=1S/C70H61N3Si/c1-46-27-33-63-57(39-46)58-40-47(2)28-34-64(58)72(63)51-31-37-67-61(44-51)62-45-52(73-65-35-29-48(69(3,4)5)41-59(65)60-42-49(70(6,7)8)30-36-66(60)73)32-38-68(62)71(67)50-19-18-26-56(43-50)74(53-20-12-9-13-21-53,54-22-14-10-15-23-54)55-24-16-11-17-25-55/h9-45H,1-8H3. The number of benzene rings is 10. The molecule has 74 heavy (non-hydrogen) atoms. The van der Waals surface area contributed by atoms with Crippen LogP contribution in [0.2, 0.25) is 0 Å². The first-order valence-corrected chi connectivity index (χ1v) is 28.2. The molecule has 0 unspecified atom stereocenters. The Labute approximate surface area is 435 Å². The molecule has 0 saturated carbocycles. The second kappa shape index (κ2) is 16.9. The van der Waals surface area contributed by atoms with Crippen molar-refractivity contribution in [3.63, 3.8) is 0 Å². The number of fused-ring (bicyclic) bond motifs is 9. The lowest BCUT2D eigenvalue weighted by Gasteiger charge is -2.34. The summed E-state index contributed by atoms with van der Waals surface area (Å²) < 4.78 is 7.51. The number of nitrogens with zero attached hydrogens (tertiary/aromatic N) is 3. The van der Waals surface area contributed by atoms with Crippen molar-refractivity contribution >= 4 is 94.2 Å². The Bertz CT molecular complexity index is 4100. The van der Waals surface area contributed by atoms with Gasteiger partial charge in [0.2, 0.25) is 0 Å². The molecule has 10 aromatic carbocycles. The molecular formula is C70H61N3Si. The molecule has 13 aromatic rings. The Hall–Kier alpha value is -8.18. The van der Waals surface area contributed by atoms with Gasteiger partial charge >= 0.3 is 0 Å². The summed E-state index contributed by atoms with van der Waals surface area (Å²) in [6.45, 7) is 18.3. The Morgan fingerprint density at radius 1 is 0.270 bits per heavy atom. The summed E-state index contributed by atoms with van der Waals surface area (Å²) in [6.07, 6.45) is 0. The number of rotatable bonds is 7. The van der Waals surface area contributed by atoms with Gasteiger partial charge in [0.15, 0.2) is 8.07 Å². The molecule has 0 aliphatic carbocycles. The lowest BCUT2D eigenvalue weighted by Crippen LogP contribution is -2.74. The first kappa shape index (κ1) is 45.7. The van der Waals surface area contributed by atoms with E-state index in [9.17, 15) is 0 Å². The molecule has 3 aromatic heterocycles. The summed E-state index contributed by atoms with van der Waals surface area (Å²) in [6, 6.07) is 85.7. The van der Waals surface area contributed by atoms with Crippen LogP contribution in [0.5, 0.6) is 0 Å². The van der Waals surface area contributed by atoms with E-state index in [0.29, 0.717) is 0 Å². The SMILES string of the molecule is Cc1ccc2c(c1)c1cc(C)ccc1n2-c1ccc2c(c1)c1cc(-n3c4ccc(C(C)(C)C)cc4c4cc(C(C)(C)C)ccc43)ccc1n2-c1cccc([Si](c2ccccc2)(c2ccccc2)c2ccccc2)c1. The van der Waals surface area contributed by atoms with E-state index >= 15 is 0 Å². The van der Waals surface area contributed by atoms with Crippen LogP contribution in [0.4, 0.5) is 0 Å². The molecular weight excluding hydrogens is 911 g/mol. The lowest BCUT2D eigenvalue weighted by molar-refractivity contribution is 0.590. The fourth-order valence-electron chi connectivity index (χ4n) is 12.3. The number of hydrogen-bond donors (Lipinski definition) is 0. The van der Waals surface area contributed by atoms with Crippen LogP contribution in [0.3, 0.4) is 0 Å². The molecule has 0 aliphatic heterocycles. The maximum Gasteiger partial charge on any atom is 0.179 e. The van der Waals surface area contributed by atoms with Gasteiger partial charge in [0.1, 0.15) is 0 Å². The molecule has 0 aliphatic rings. The summed E-state index contributed by atoms with van der Waals surface area (Å²) >= 11 is 0. The van der Waals surface area contributed by atoms with Gasteiger partial charge in [-0.25, -0.2) is 0 Å². The van der Waals surface area contributed by atoms with Gasteiger partial charge in [-0.15, -0.1) is 0 Å². The minimum absolute atomic E-state index is 0.0134. The molecule has 360 valence electrons. The maximum atomic E-state index is 2.53. The highest BCUT2D eigenvalue weighted by Crippen LogP contribution is 2.41. The van der Waals surface area contributed by atoms with Gasteiger partial charge in [0.05, 0.1) is 33.1 Å². The molecule has 0 fully saturated rings. The Kier molecular flexibility index (Phi) is 10.5. The summed E-state index contributed by atoms with van der Waals surface area (Å²) in [5.41, 5.74) is 15.9. The quantitative estimate of drug-likeness (QED) is 0.112. The monoisotopic (exact) mass is 971 g/mol. The van der Waals surface area contributed by atoms with E-state index in [1.165, 1.54) is 108 Å². The number of aryl methyl sites for hydroxylation is 2. The van der Waals surface area contributed by atoms with Gasteiger partial charge in [-0.1, -0.05) is 180 Å². The van der Waals surface area contributed by atoms with E-state index < -0.39 is 8.07 Å². The van der Waals surface area contributed by atoms with E-state index in [2.05, 4.69) is 294 Å². The zero-order valence-electron chi connectivity index (χ0n) is 43.7. The molecule has 0 atom stereocenters. The van der Waals surface area contributed by atoms with Crippen molar-refractivity contribution in [2.24, 2.45) is 0 Å². The first-order chi connectivity index (χ1) is 35.8. The van der Waals surface area contributed by atoms with Crippen molar-refractivity contribution in [2.75, 3.05) is 0 Å². The molecule has 0 spiro atoms. The molecule has 3 heterocycles. The molecule has 0 bridgehead atoms. The van der Waals surface area contributed by atoms with Crippen LogP contribution in [0.25, 0.3) is 82.5 Å². The Morgan fingerprint density at radius 2 is 0.581 bits per heavy atom. The summed E-state index contributed by atoms with van der Waals surface area (Å²) in [7, 11) is -2.83. The smallest absolute Gasteiger partial charge is 0.179 e. The van der Waals surface area contributed by atoms with Crippen molar-refractivity contribution in [3.8, 4) is 17.1 Å². The van der Waals surface area contributed by atoms with Gasteiger partial charge < -0.3 is 13.7 Å². The highest BCUT2D eigenvalue weighted by atomic mass is 28.3. The summed E-state index contributed by atoms with van der Waals surface area (Å²) in [5.74, 6) is 0. The third kappa shape index (κ3) is 7.14. The van der Waals surface area contributed by atoms with Crippen LogP contribution in [-0.2, 0) is 10.8 Å². The third-order valence-electron chi connectivity index (χ3n) is 16.0. The molecule has 0 radical (unpaired) electrons. The first-order valence-electron chi connectivity index (χ1n) is 26.2. The zero-order valence-corrected chi connectivity index (χ0v) is 44.7. The van der Waals surface area contributed by atoms with Gasteiger partial charge in [0.25, 0.3) is 0 Å². The van der Waals surface area contributed by atoms with Crippen molar-refractivity contribution in [1.29, 1.82) is 0 Å². The average Bonchev–Trinajstić information content (AvgIpc) is 4.04. The van der Waals surface area contributed by atoms with Crippen LogP contribution >= 0.6 is 0 Å².